The van der Waals surface area contributed by atoms with Crippen molar-refractivity contribution in [1.82, 2.24) is 14.6 Å². The lowest BCUT2D eigenvalue weighted by atomic mass is 10.1. The highest BCUT2D eigenvalue weighted by atomic mass is 16.5. The van der Waals surface area contributed by atoms with Gasteiger partial charge in [-0.05, 0) is 43.2 Å². The van der Waals surface area contributed by atoms with Crippen LogP contribution in [0.5, 0.6) is 0 Å². The third-order valence-electron chi connectivity index (χ3n) is 4.42. The number of carbonyl (C=O) groups excluding carboxylic acids is 1. The summed E-state index contributed by atoms with van der Waals surface area (Å²) in [5.74, 6) is 0.918. The quantitative estimate of drug-likeness (QED) is 0.751. The maximum atomic E-state index is 12.1. The molecule has 4 rings (SSSR count). The molecule has 1 aliphatic rings. The molecule has 25 heavy (non-hydrogen) atoms. The van der Waals surface area contributed by atoms with E-state index in [-0.39, 0.29) is 17.9 Å². The normalized spacial score (nSPS) is 19.1. The summed E-state index contributed by atoms with van der Waals surface area (Å²) < 4.78 is 7.44. The van der Waals surface area contributed by atoms with Crippen molar-refractivity contribution >= 4 is 17.2 Å². The molecular formula is C19H20N4O2. The molecule has 128 valence electrons. The number of ether oxygens (including phenoxy) is 1. The van der Waals surface area contributed by atoms with E-state index in [1.807, 2.05) is 60.0 Å². The SMILES string of the molecule is CCO[C@H]1C[C@@H]1C(=O)Nc1ccc(Cc2nnc3ccccn23)cc1. The molecule has 6 heteroatoms. The number of hydrogen-bond acceptors (Lipinski definition) is 4. The summed E-state index contributed by atoms with van der Waals surface area (Å²) in [5, 5.41) is 11.4. The molecule has 2 atom stereocenters. The van der Waals surface area contributed by atoms with Gasteiger partial charge in [0.1, 0.15) is 5.82 Å². The van der Waals surface area contributed by atoms with Crippen LogP contribution < -0.4 is 5.32 Å². The number of anilines is 1. The molecule has 1 aliphatic carbocycles. The number of nitrogens with zero attached hydrogens (tertiary/aromatic N) is 3. The van der Waals surface area contributed by atoms with Gasteiger partial charge in [0.15, 0.2) is 5.65 Å². The number of rotatable bonds is 6. The number of fused-ring (bicyclic) bond motifs is 1. The predicted octanol–water partition coefficient (Wildman–Crippen LogP) is 2.68. The van der Waals surface area contributed by atoms with Gasteiger partial charge in [0.05, 0.1) is 12.0 Å². The molecule has 1 aromatic carbocycles. The number of pyridine rings is 1. The molecular weight excluding hydrogens is 316 g/mol. The Morgan fingerprint density at radius 2 is 2.08 bits per heavy atom. The average Bonchev–Trinajstić information content (AvgIpc) is 3.29. The van der Waals surface area contributed by atoms with Crippen molar-refractivity contribution in [2.75, 3.05) is 11.9 Å². The fourth-order valence-electron chi connectivity index (χ4n) is 2.98. The largest absolute Gasteiger partial charge is 0.378 e. The first-order valence-electron chi connectivity index (χ1n) is 8.54. The first-order chi connectivity index (χ1) is 12.2. The van der Waals surface area contributed by atoms with E-state index in [1.165, 1.54) is 0 Å². The standard InChI is InChI=1S/C19H20N4O2/c1-2-25-16-12-15(16)19(24)20-14-8-6-13(7-9-14)11-18-22-21-17-5-3-4-10-23(17)18/h3-10,15-16H,2,11-12H2,1H3,(H,20,24)/t15-,16-/m0/s1. The molecule has 0 spiro atoms. The van der Waals surface area contributed by atoms with Crippen LogP contribution in [0.4, 0.5) is 5.69 Å². The third-order valence-corrected chi connectivity index (χ3v) is 4.42. The van der Waals surface area contributed by atoms with E-state index in [1.54, 1.807) is 0 Å². The van der Waals surface area contributed by atoms with Crippen molar-refractivity contribution in [3.8, 4) is 0 Å². The zero-order chi connectivity index (χ0) is 17.2. The number of amides is 1. The second kappa shape index (κ2) is 6.64. The number of carbonyl (C=O) groups is 1. The minimum atomic E-state index is -0.0121. The maximum absolute atomic E-state index is 12.1. The lowest BCUT2D eigenvalue weighted by Crippen LogP contribution is -2.16. The highest BCUT2D eigenvalue weighted by molar-refractivity contribution is 5.94. The monoisotopic (exact) mass is 336 g/mol. The summed E-state index contributed by atoms with van der Waals surface area (Å²) in [6.45, 7) is 2.60. The van der Waals surface area contributed by atoms with Gasteiger partial charge in [-0.2, -0.15) is 0 Å². The van der Waals surface area contributed by atoms with Crippen molar-refractivity contribution < 1.29 is 9.53 Å². The fraction of sp³-hybridized carbons (Fsp3) is 0.316. The summed E-state index contributed by atoms with van der Waals surface area (Å²) in [5.41, 5.74) is 2.77. The van der Waals surface area contributed by atoms with Crippen LogP contribution in [0.2, 0.25) is 0 Å². The second-order valence-electron chi connectivity index (χ2n) is 6.24. The number of benzene rings is 1. The molecule has 1 N–H and O–H groups in total. The Kier molecular flexibility index (Phi) is 4.19. The van der Waals surface area contributed by atoms with Gasteiger partial charge in [-0.15, -0.1) is 10.2 Å². The van der Waals surface area contributed by atoms with Crippen LogP contribution in [0.3, 0.4) is 0 Å². The van der Waals surface area contributed by atoms with Gasteiger partial charge < -0.3 is 10.1 Å². The Bertz CT molecular complexity index is 888. The van der Waals surface area contributed by atoms with Gasteiger partial charge in [0, 0.05) is 24.9 Å². The number of aromatic nitrogens is 3. The molecule has 6 nitrogen and oxygen atoms in total. The Balaban J connectivity index is 1.40. The lowest BCUT2D eigenvalue weighted by Gasteiger charge is -2.06. The van der Waals surface area contributed by atoms with Crippen LogP contribution in [-0.2, 0) is 16.0 Å². The molecule has 0 unspecified atom stereocenters. The van der Waals surface area contributed by atoms with Crippen LogP contribution in [-0.4, -0.2) is 33.2 Å². The molecule has 2 aromatic heterocycles. The number of nitrogens with one attached hydrogen (secondary N) is 1. The molecule has 0 bridgehead atoms. The van der Waals surface area contributed by atoms with Gasteiger partial charge in [0.2, 0.25) is 5.91 Å². The van der Waals surface area contributed by atoms with Crippen molar-refractivity contribution in [3.05, 3.63) is 60.0 Å². The minimum absolute atomic E-state index is 0.0121. The molecule has 2 heterocycles. The Morgan fingerprint density at radius 1 is 1.24 bits per heavy atom. The third kappa shape index (κ3) is 3.39. The summed E-state index contributed by atoms with van der Waals surface area (Å²) in [4.78, 5) is 12.1. The molecule has 0 saturated heterocycles. The Morgan fingerprint density at radius 3 is 2.88 bits per heavy atom. The van der Waals surface area contributed by atoms with Gasteiger partial charge in [-0.25, -0.2) is 0 Å². The highest BCUT2D eigenvalue weighted by Gasteiger charge is 2.43. The maximum Gasteiger partial charge on any atom is 0.230 e. The molecule has 1 saturated carbocycles. The lowest BCUT2D eigenvalue weighted by molar-refractivity contribution is -0.118. The van der Waals surface area contributed by atoms with E-state index in [9.17, 15) is 4.79 Å². The van der Waals surface area contributed by atoms with Crippen LogP contribution in [0.15, 0.2) is 48.7 Å². The topological polar surface area (TPSA) is 68.5 Å². The van der Waals surface area contributed by atoms with E-state index >= 15 is 0 Å². The smallest absolute Gasteiger partial charge is 0.230 e. The molecule has 1 fully saturated rings. The van der Waals surface area contributed by atoms with Gasteiger partial charge in [0.25, 0.3) is 0 Å². The number of hydrogen-bond donors (Lipinski definition) is 1. The van der Waals surface area contributed by atoms with Crippen molar-refractivity contribution in [1.29, 1.82) is 0 Å². The van der Waals surface area contributed by atoms with Crippen LogP contribution in [0, 0.1) is 5.92 Å². The van der Waals surface area contributed by atoms with Gasteiger partial charge in [-0.1, -0.05) is 18.2 Å². The summed E-state index contributed by atoms with van der Waals surface area (Å²) in [6, 6.07) is 13.7. The van der Waals surface area contributed by atoms with E-state index in [0.717, 1.165) is 29.1 Å². The van der Waals surface area contributed by atoms with Crippen molar-refractivity contribution in [2.45, 2.75) is 25.9 Å². The Labute approximate surface area is 145 Å². The van der Waals surface area contributed by atoms with E-state index in [4.69, 9.17) is 4.74 Å². The zero-order valence-electron chi connectivity index (χ0n) is 14.1. The van der Waals surface area contributed by atoms with E-state index < -0.39 is 0 Å². The zero-order valence-corrected chi connectivity index (χ0v) is 14.1. The van der Waals surface area contributed by atoms with Gasteiger partial charge in [-0.3, -0.25) is 9.20 Å². The van der Waals surface area contributed by atoms with E-state index in [2.05, 4.69) is 15.5 Å². The molecule has 3 aromatic rings. The summed E-state index contributed by atoms with van der Waals surface area (Å²) in [6.07, 6.45) is 3.56. The fourth-order valence-corrected chi connectivity index (χ4v) is 2.98. The van der Waals surface area contributed by atoms with Crippen LogP contribution in [0.25, 0.3) is 5.65 Å². The van der Waals surface area contributed by atoms with Crippen LogP contribution in [0.1, 0.15) is 24.7 Å². The highest BCUT2D eigenvalue weighted by Crippen LogP contribution is 2.34. The average molecular weight is 336 g/mol. The first-order valence-corrected chi connectivity index (χ1v) is 8.54. The molecule has 0 aliphatic heterocycles. The van der Waals surface area contributed by atoms with Crippen LogP contribution >= 0.6 is 0 Å². The first kappa shape index (κ1) is 15.8. The second-order valence-corrected chi connectivity index (χ2v) is 6.24. The Hall–Kier alpha value is -2.73. The van der Waals surface area contributed by atoms with Gasteiger partial charge >= 0.3 is 0 Å². The van der Waals surface area contributed by atoms with Crippen molar-refractivity contribution in [3.63, 3.8) is 0 Å². The predicted molar refractivity (Wildman–Crippen MR) is 94.4 cm³/mol. The minimum Gasteiger partial charge on any atom is -0.378 e. The summed E-state index contributed by atoms with van der Waals surface area (Å²) >= 11 is 0. The summed E-state index contributed by atoms with van der Waals surface area (Å²) in [7, 11) is 0. The van der Waals surface area contributed by atoms with Crippen molar-refractivity contribution in [2.24, 2.45) is 5.92 Å². The molecule has 0 radical (unpaired) electrons. The van der Waals surface area contributed by atoms with E-state index in [0.29, 0.717) is 13.0 Å². The molecule has 1 amide bonds.